The minimum Gasteiger partial charge on any atom is -0.494 e. The third-order valence-corrected chi connectivity index (χ3v) is 2.67. The summed E-state index contributed by atoms with van der Waals surface area (Å²) in [6.45, 7) is -0.505. The fourth-order valence-corrected chi connectivity index (χ4v) is 2.32. The first-order valence-corrected chi connectivity index (χ1v) is 5.69. The topological polar surface area (TPSA) is 18.5 Å². The Kier molecular flexibility index (Phi) is 4.79. The van der Waals surface area contributed by atoms with Crippen molar-refractivity contribution >= 4 is 31.9 Å². The Bertz CT molecular complexity index is 322. The first-order chi connectivity index (χ1) is 7.04. The molecule has 1 aromatic carbocycles. The molecule has 1 aromatic rings. The van der Waals surface area contributed by atoms with E-state index in [1.807, 2.05) is 6.92 Å². The van der Waals surface area contributed by atoms with Crippen LogP contribution in [0.4, 0.5) is 8.78 Å². The van der Waals surface area contributed by atoms with E-state index in [0.717, 1.165) is 0 Å². The minimum absolute atomic E-state index is 0.0634. The molecular formula is C9H8Br2F2O2. The number of hydrogen-bond acceptors (Lipinski definition) is 2. The molecule has 15 heavy (non-hydrogen) atoms. The first kappa shape index (κ1) is 12.7. The molecule has 0 saturated heterocycles. The number of benzene rings is 1. The van der Waals surface area contributed by atoms with Gasteiger partial charge in [0.1, 0.15) is 5.75 Å². The van der Waals surface area contributed by atoms with Gasteiger partial charge in [0, 0.05) is 0 Å². The summed E-state index contributed by atoms with van der Waals surface area (Å²) in [5.41, 5.74) is 0. The normalized spacial score (nSPS) is 10.5. The van der Waals surface area contributed by atoms with Gasteiger partial charge < -0.3 is 9.47 Å². The number of ether oxygens (including phenoxy) is 2. The summed E-state index contributed by atoms with van der Waals surface area (Å²) in [4.78, 5) is 0. The SMILES string of the molecule is CCOc1cc(Br)c(OC(F)F)c(Br)c1. The monoisotopic (exact) mass is 344 g/mol. The maximum Gasteiger partial charge on any atom is 0.387 e. The molecule has 0 radical (unpaired) electrons. The summed E-state index contributed by atoms with van der Waals surface area (Å²) in [6.07, 6.45) is 0. The summed E-state index contributed by atoms with van der Waals surface area (Å²) in [5.74, 6) is 0.645. The molecule has 0 aromatic heterocycles. The van der Waals surface area contributed by atoms with Gasteiger partial charge in [-0.05, 0) is 50.9 Å². The van der Waals surface area contributed by atoms with Crippen molar-refractivity contribution in [1.82, 2.24) is 0 Å². The Morgan fingerprint density at radius 1 is 1.27 bits per heavy atom. The van der Waals surface area contributed by atoms with Crippen LogP contribution >= 0.6 is 31.9 Å². The van der Waals surface area contributed by atoms with E-state index in [2.05, 4.69) is 36.6 Å². The molecule has 0 spiro atoms. The highest BCUT2D eigenvalue weighted by molar-refractivity contribution is 9.11. The van der Waals surface area contributed by atoms with Crippen LogP contribution in [0, 0.1) is 0 Å². The molecule has 0 N–H and O–H groups in total. The highest BCUT2D eigenvalue weighted by Gasteiger charge is 2.13. The number of hydrogen-bond donors (Lipinski definition) is 0. The van der Waals surface area contributed by atoms with Crippen LogP contribution in [0.15, 0.2) is 21.1 Å². The molecule has 1 rings (SSSR count). The van der Waals surface area contributed by atoms with Crippen LogP contribution in [0.3, 0.4) is 0 Å². The molecular weight excluding hydrogens is 338 g/mol. The number of rotatable bonds is 4. The molecule has 0 saturated carbocycles. The summed E-state index contributed by atoms with van der Waals surface area (Å²) in [7, 11) is 0. The molecule has 0 bridgehead atoms. The van der Waals surface area contributed by atoms with Crippen molar-refractivity contribution in [3.63, 3.8) is 0 Å². The zero-order chi connectivity index (χ0) is 11.4. The first-order valence-electron chi connectivity index (χ1n) is 4.11. The molecule has 0 amide bonds. The van der Waals surface area contributed by atoms with Gasteiger partial charge in [-0.25, -0.2) is 0 Å². The van der Waals surface area contributed by atoms with E-state index in [-0.39, 0.29) is 5.75 Å². The number of halogens is 4. The highest BCUT2D eigenvalue weighted by Crippen LogP contribution is 2.38. The van der Waals surface area contributed by atoms with Crippen LogP contribution < -0.4 is 9.47 Å². The summed E-state index contributed by atoms with van der Waals surface area (Å²) >= 11 is 6.26. The van der Waals surface area contributed by atoms with Gasteiger partial charge in [-0.1, -0.05) is 0 Å². The third-order valence-electron chi connectivity index (χ3n) is 1.49. The molecule has 0 aliphatic heterocycles. The smallest absolute Gasteiger partial charge is 0.387 e. The highest BCUT2D eigenvalue weighted by atomic mass is 79.9. The van der Waals surface area contributed by atoms with E-state index in [4.69, 9.17) is 4.74 Å². The van der Waals surface area contributed by atoms with Gasteiger partial charge in [-0.15, -0.1) is 0 Å². The van der Waals surface area contributed by atoms with Gasteiger partial charge in [-0.2, -0.15) is 8.78 Å². The van der Waals surface area contributed by atoms with Crippen molar-refractivity contribution in [3.8, 4) is 11.5 Å². The maximum absolute atomic E-state index is 12.0. The number of alkyl halides is 2. The van der Waals surface area contributed by atoms with E-state index in [1.165, 1.54) is 0 Å². The average Bonchev–Trinajstić information content (AvgIpc) is 2.11. The van der Waals surface area contributed by atoms with Crippen LogP contribution in [-0.4, -0.2) is 13.2 Å². The molecule has 6 heteroatoms. The lowest BCUT2D eigenvalue weighted by molar-refractivity contribution is -0.0509. The van der Waals surface area contributed by atoms with Gasteiger partial charge in [-0.3, -0.25) is 0 Å². The van der Waals surface area contributed by atoms with Crippen molar-refractivity contribution in [2.24, 2.45) is 0 Å². The van der Waals surface area contributed by atoms with Crippen molar-refractivity contribution < 1.29 is 18.3 Å². The molecule has 0 fully saturated rings. The zero-order valence-corrected chi connectivity index (χ0v) is 10.9. The fourth-order valence-electron chi connectivity index (χ4n) is 0.988. The van der Waals surface area contributed by atoms with Crippen molar-refractivity contribution in [2.75, 3.05) is 6.61 Å². The second kappa shape index (κ2) is 5.65. The largest absolute Gasteiger partial charge is 0.494 e. The Hall–Kier alpha value is -0.360. The lowest BCUT2D eigenvalue weighted by atomic mass is 10.3. The Morgan fingerprint density at radius 3 is 2.20 bits per heavy atom. The molecule has 0 atom stereocenters. The average molecular weight is 346 g/mol. The van der Waals surface area contributed by atoms with E-state index in [9.17, 15) is 8.78 Å². The van der Waals surface area contributed by atoms with E-state index < -0.39 is 6.61 Å². The Balaban J connectivity index is 2.98. The van der Waals surface area contributed by atoms with Gasteiger partial charge in [0.2, 0.25) is 0 Å². The second-order valence-corrected chi connectivity index (χ2v) is 4.24. The van der Waals surface area contributed by atoms with Crippen LogP contribution in [0.5, 0.6) is 11.5 Å². The fraction of sp³-hybridized carbons (Fsp3) is 0.333. The van der Waals surface area contributed by atoms with Crippen molar-refractivity contribution in [2.45, 2.75) is 13.5 Å². The summed E-state index contributed by atoms with van der Waals surface area (Å²) < 4.78 is 34.5. The minimum atomic E-state index is -2.85. The van der Waals surface area contributed by atoms with Crippen LogP contribution in [-0.2, 0) is 0 Å². The predicted octanol–water partition coefficient (Wildman–Crippen LogP) is 4.21. The quantitative estimate of drug-likeness (QED) is 0.813. The Labute approximate surface area is 103 Å². The summed E-state index contributed by atoms with van der Waals surface area (Å²) in [5, 5.41) is 0. The second-order valence-electron chi connectivity index (χ2n) is 2.53. The third kappa shape index (κ3) is 3.61. The van der Waals surface area contributed by atoms with Gasteiger partial charge >= 0.3 is 6.61 Å². The molecule has 0 unspecified atom stereocenters. The predicted molar refractivity (Wildman–Crippen MR) is 59.6 cm³/mol. The van der Waals surface area contributed by atoms with Crippen LogP contribution in [0.2, 0.25) is 0 Å². The van der Waals surface area contributed by atoms with Crippen LogP contribution in [0.1, 0.15) is 6.92 Å². The van der Waals surface area contributed by atoms with Crippen LogP contribution in [0.25, 0.3) is 0 Å². The van der Waals surface area contributed by atoms with Crippen molar-refractivity contribution in [3.05, 3.63) is 21.1 Å². The van der Waals surface area contributed by atoms with E-state index >= 15 is 0 Å². The molecule has 0 heterocycles. The van der Waals surface area contributed by atoms with E-state index in [0.29, 0.717) is 21.3 Å². The van der Waals surface area contributed by atoms with Gasteiger partial charge in [0.15, 0.2) is 5.75 Å². The molecule has 84 valence electrons. The van der Waals surface area contributed by atoms with Gasteiger partial charge in [0.25, 0.3) is 0 Å². The van der Waals surface area contributed by atoms with Crippen molar-refractivity contribution in [1.29, 1.82) is 0 Å². The molecule has 2 nitrogen and oxygen atoms in total. The molecule has 0 aliphatic carbocycles. The van der Waals surface area contributed by atoms with E-state index in [1.54, 1.807) is 12.1 Å². The van der Waals surface area contributed by atoms with Gasteiger partial charge in [0.05, 0.1) is 15.6 Å². The lowest BCUT2D eigenvalue weighted by Gasteiger charge is -2.11. The maximum atomic E-state index is 12.0. The standard InChI is InChI=1S/C9H8Br2F2O2/c1-2-14-5-3-6(10)8(7(11)4-5)15-9(12)13/h3-4,9H,2H2,1H3. The Morgan fingerprint density at radius 2 is 1.80 bits per heavy atom. The lowest BCUT2D eigenvalue weighted by Crippen LogP contribution is -2.03. The zero-order valence-electron chi connectivity index (χ0n) is 7.77. The summed E-state index contributed by atoms with van der Waals surface area (Å²) in [6, 6.07) is 3.15. The molecule has 0 aliphatic rings.